The molecular weight excluding hydrogens is 272 g/mol. The molecule has 0 saturated heterocycles. The van der Waals surface area contributed by atoms with Gasteiger partial charge in [-0.05, 0) is 6.07 Å². The lowest BCUT2D eigenvalue weighted by molar-refractivity contribution is -0.0883. The van der Waals surface area contributed by atoms with E-state index < -0.39 is 17.5 Å². The number of halogens is 5. The Morgan fingerprint density at radius 1 is 1.40 bits per heavy atom. The molecule has 0 N–H and O–H groups in total. The number of thiophene rings is 1. The lowest BCUT2D eigenvalue weighted by Gasteiger charge is -2.07. The molecule has 0 amide bonds. The first-order valence-corrected chi connectivity index (χ1v) is 5.06. The van der Waals surface area contributed by atoms with E-state index in [-0.39, 0.29) is 14.2 Å². The molecule has 0 aliphatic heterocycles. The van der Waals surface area contributed by atoms with E-state index >= 15 is 0 Å². The van der Waals surface area contributed by atoms with Crippen LogP contribution in [0.4, 0.5) is 13.2 Å². The fourth-order valence-corrected chi connectivity index (χ4v) is 2.24. The van der Waals surface area contributed by atoms with E-state index in [4.69, 9.17) is 23.2 Å². The summed E-state index contributed by atoms with van der Waals surface area (Å²) in [7, 11) is 0. The molecule has 0 aliphatic carbocycles. The van der Waals surface area contributed by atoms with E-state index in [2.05, 4.69) is 6.58 Å². The van der Waals surface area contributed by atoms with Crippen molar-refractivity contribution in [2.24, 2.45) is 0 Å². The Morgan fingerprint density at radius 2 is 1.93 bits per heavy atom. The highest BCUT2D eigenvalue weighted by molar-refractivity contribution is 7.20. The molecule has 82 valence electrons. The summed E-state index contributed by atoms with van der Waals surface area (Å²) < 4.78 is 36.5. The van der Waals surface area contributed by atoms with Gasteiger partial charge in [0.25, 0.3) is 0 Å². The second-order valence-corrected chi connectivity index (χ2v) is 4.83. The van der Waals surface area contributed by atoms with Crippen LogP contribution >= 0.6 is 34.5 Å². The zero-order chi connectivity index (χ0) is 11.8. The smallest absolute Gasteiger partial charge is 0.289 e. The van der Waals surface area contributed by atoms with Gasteiger partial charge in [0.2, 0.25) is 0 Å². The molecule has 0 atom stereocenters. The predicted octanol–water partition coefficient (Wildman–Crippen LogP) is 4.36. The van der Waals surface area contributed by atoms with Gasteiger partial charge in [0, 0.05) is 0 Å². The van der Waals surface area contributed by atoms with Crippen molar-refractivity contribution in [1.29, 1.82) is 0 Å². The highest BCUT2D eigenvalue weighted by Gasteiger charge is 2.38. The van der Waals surface area contributed by atoms with Crippen LogP contribution < -0.4 is 0 Å². The van der Waals surface area contributed by atoms with Gasteiger partial charge < -0.3 is 0 Å². The highest BCUT2D eigenvalue weighted by atomic mass is 35.5. The maximum Gasteiger partial charge on any atom is 0.419 e. The summed E-state index contributed by atoms with van der Waals surface area (Å²) >= 11 is 11.9. The van der Waals surface area contributed by atoms with Crippen molar-refractivity contribution in [3.8, 4) is 0 Å². The molecule has 0 bridgehead atoms. The largest absolute Gasteiger partial charge is 0.419 e. The van der Waals surface area contributed by atoms with Crippen molar-refractivity contribution in [3.63, 3.8) is 0 Å². The Balaban J connectivity index is 3.06. The fraction of sp³-hybridized carbons (Fsp3) is 0.125. The van der Waals surface area contributed by atoms with Gasteiger partial charge in [0.05, 0.1) is 15.5 Å². The molecule has 7 heteroatoms. The number of hydrogen-bond acceptors (Lipinski definition) is 2. The molecule has 0 aromatic carbocycles. The van der Waals surface area contributed by atoms with Gasteiger partial charge in [-0.3, -0.25) is 4.79 Å². The molecule has 0 fully saturated rings. The minimum atomic E-state index is -4.76. The maximum atomic E-state index is 12.1. The van der Waals surface area contributed by atoms with Crippen molar-refractivity contribution in [2.75, 3.05) is 0 Å². The van der Waals surface area contributed by atoms with E-state index in [0.29, 0.717) is 0 Å². The molecule has 0 radical (unpaired) electrons. The Morgan fingerprint density at radius 3 is 2.27 bits per heavy atom. The number of ketones is 1. The van der Waals surface area contributed by atoms with Gasteiger partial charge in [-0.1, -0.05) is 29.8 Å². The van der Waals surface area contributed by atoms with Crippen LogP contribution in [0.5, 0.6) is 0 Å². The van der Waals surface area contributed by atoms with Crippen LogP contribution in [0.2, 0.25) is 8.67 Å². The van der Waals surface area contributed by atoms with Crippen LogP contribution in [0.1, 0.15) is 10.4 Å². The van der Waals surface area contributed by atoms with Crippen LogP contribution in [0.3, 0.4) is 0 Å². The number of allylic oxidation sites excluding steroid dienone is 1. The number of hydrogen-bond donors (Lipinski definition) is 0. The Bertz CT molecular complexity index is 422. The average Bonchev–Trinajstić information content (AvgIpc) is 2.41. The van der Waals surface area contributed by atoms with E-state index in [9.17, 15) is 18.0 Å². The third-order valence-corrected chi connectivity index (χ3v) is 3.01. The zero-order valence-corrected chi connectivity index (χ0v) is 9.32. The third-order valence-electron chi connectivity index (χ3n) is 1.52. The van der Waals surface area contributed by atoms with E-state index in [1.807, 2.05) is 0 Å². The van der Waals surface area contributed by atoms with Crippen molar-refractivity contribution < 1.29 is 18.0 Å². The standard InChI is InChI=1S/C8H3Cl2F3OS/c1-3(8(11,12)13)6(14)4-2-5(9)15-7(4)10/h2H,1H2. The van der Waals surface area contributed by atoms with Crippen molar-refractivity contribution >= 4 is 40.3 Å². The summed E-state index contributed by atoms with van der Waals surface area (Å²) in [5.41, 5.74) is -1.73. The minimum absolute atomic E-state index is 0.0737. The molecule has 0 spiro atoms. The van der Waals surface area contributed by atoms with Crippen LogP contribution in [0.25, 0.3) is 0 Å². The highest BCUT2D eigenvalue weighted by Crippen LogP contribution is 2.35. The summed E-state index contributed by atoms with van der Waals surface area (Å²) in [6, 6.07) is 1.09. The summed E-state index contributed by atoms with van der Waals surface area (Å²) in [5.74, 6) is -1.25. The van der Waals surface area contributed by atoms with Crippen molar-refractivity contribution in [2.45, 2.75) is 6.18 Å². The molecule has 1 nitrogen and oxygen atoms in total. The molecule has 0 aliphatic rings. The Hall–Kier alpha value is -0.520. The Labute approximate surface area is 97.1 Å². The molecule has 0 saturated carbocycles. The number of Topliss-reactive ketones (excluding diaryl/α,β-unsaturated/α-hetero) is 1. The molecule has 1 aromatic heterocycles. The van der Waals surface area contributed by atoms with Crippen LogP contribution in [0.15, 0.2) is 18.2 Å². The molecule has 15 heavy (non-hydrogen) atoms. The monoisotopic (exact) mass is 274 g/mol. The van der Waals surface area contributed by atoms with Crippen molar-refractivity contribution in [3.05, 3.63) is 32.5 Å². The van der Waals surface area contributed by atoms with E-state index in [1.54, 1.807) is 0 Å². The quantitative estimate of drug-likeness (QED) is 0.579. The lowest BCUT2D eigenvalue weighted by atomic mass is 10.1. The SMILES string of the molecule is C=C(C(=O)c1cc(Cl)sc1Cl)C(F)(F)F. The summed E-state index contributed by atoms with van der Waals surface area (Å²) in [6.07, 6.45) is -4.76. The predicted molar refractivity (Wildman–Crippen MR) is 53.9 cm³/mol. The topological polar surface area (TPSA) is 17.1 Å². The van der Waals surface area contributed by atoms with Crippen LogP contribution in [0, 0.1) is 0 Å². The summed E-state index contributed by atoms with van der Waals surface area (Å²) in [5, 5.41) is 0. The van der Waals surface area contributed by atoms with Gasteiger partial charge in [-0.15, -0.1) is 11.3 Å². The number of rotatable bonds is 2. The van der Waals surface area contributed by atoms with Gasteiger partial charge in [0.1, 0.15) is 4.34 Å². The molecule has 1 heterocycles. The second kappa shape index (κ2) is 4.15. The molecular formula is C8H3Cl2F3OS. The second-order valence-electron chi connectivity index (χ2n) is 2.54. The maximum absolute atomic E-state index is 12.1. The Kier molecular flexibility index (Phi) is 3.48. The first kappa shape index (κ1) is 12.5. The third kappa shape index (κ3) is 2.74. The van der Waals surface area contributed by atoms with E-state index in [0.717, 1.165) is 17.4 Å². The number of carbonyl (C=O) groups is 1. The zero-order valence-electron chi connectivity index (χ0n) is 6.99. The molecule has 1 aromatic rings. The van der Waals surface area contributed by atoms with Gasteiger partial charge in [-0.25, -0.2) is 0 Å². The average molecular weight is 275 g/mol. The van der Waals surface area contributed by atoms with E-state index in [1.165, 1.54) is 0 Å². The molecule has 1 rings (SSSR count). The van der Waals surface area contributed by atoms with Crippen LogP contribution in [-0.4, -0.2) is 12.0 Å². The fourth-order valence-electron chi connectivity index (χ4n) is 0.786. The van der Waals surface area contributed by atoms with Gasteiger partial charge in [-0.2, -0.15) is 13.2 Å². The lowest BCUT2D eigenvalue weighted by Crippen LogP contribution is -2.18. The van der Waals surface area contributed by atoms with Gasteiger partial charge in [0.15, 0.2) is 5.78 Å². The number of alkyl halides is 3. The summed E-state index contributed by atoms with van der Waals surface area (Å²) in [4.78, 5) is 11.3. The normalized spacial score (nSPS) is 11.5. The van der Waals surface area contributed by atoms with Crippen LogP contribution in [-0.2, 0) is 0 Å². The van der Waals surface area contributed by atoms with Crippen molar-refractivity contribution in [1.82, 2.24) is 0 Å². The minimum Gasteiger partial charge on any atom is -0.289 e. The first-order valence-electron chi connectivity index (χ1n) is 3.49. The molecule has 0 unspecified atom stereocenters. The summed E-state index contributed by atoms with van der Waals surface area (Å²) in [6.45, 7) is 2.68. The van der Waals surface area contributed by atoms with Gasteiger partial charge >= 0.3 is 6.18 Å². The number of carbonyl (C=O) groups excluding carboxylic acids is 1. The first-order chi connectivity index (χ1) is 6.73.